The first-order chi connectivity index (χ1) is 14.6. The summed E-state index contributed by atoms with van der Waals surface area (Å²) in [6.07, 6.45) is 5.36. The molecule has 7 heteroatoms. The first kappa shape index (κ1) is 20.2. The molecule has 154 valence electrons. The molecule has 6 nitrogen and oxygen atoms in total. The highest BCUT2D eigenvalue weighted by molar-refractivity contribution is 7.99. The number of aromatic amines is 1. The van der Waals surface area contributed by atoms with Crippen LogP contribution < -0.4 is 5.32 Å². The standard InChI is InChI=1S/C23H25N5OS/c1-16-7-5-10-20(17(16)2)28-14-13-25-23(28)30-15-22(29)24-12-6-11-21-26-18-8-3-4-9-19(18)27-21/h3-5,7-10,13-14H,6,11-12,15H2,1-2H3,(H,24,29)(H,26,27). The fraction of sp³-hybridized carbons (Fsp3) is 0.261. The van der Waals surface area contributed by atoms with Gasteiger partial charge in [0.25, 0.3) is 0 Å². The number of rotatable bonds is 8. The first-order valence-corrected chi connectivity index (χ1v) is 11.0. The largest absolute Gasteiger partial charge is 0.355 e. The highest BCUT2D eigenvalue weighted by Crippen LogP contribution is 2.24. The summed E-state index contributed by atoms with van der Waals surface area (Å²) >= 11 is 1.45. The van der Waals surface area contributed by atoms with Crippen LogP contribution in [-0.4, -0.2) is 37.7 Å². The van der Waals surface area contributed by atoms with Gasteiger partial charge < -0.3 is 10.3 Å². The van der Waals surface area contributed by atoms with Crippen LogP contribution in [0.1, 0.15) is 23.4 Å². The molecule has 0 atom stereocenters. The summed E-state index contributed by atoms with van der Waals surface area (Å²) in [7, 11) is 0. The number of nitrogens with one attached hydrogen (secondary N) is 2. The van der Waals surface area contributed by atoms with E-state index in [2.05, 4.69) is 46.2 Å². The van der Waals surface area contributed by atoms with Crippen molar-refractivity contribution in [2.45, 2.75) is 31.8 Å². The van der Waals surface area contributed by atoms with E-state index < -0.39 is 0 Å². The molecule has 0 spiro atoms. The van der Waals surface area contributed by atoms with Gasteiger partial charge in [-0.3, -0.25) is 9.36 Å². The molecule has 0 aliphatic rings. The Labute approximate surface area is 180 Å². The summed E-state index contributed by atoms with van der Waals surface area (Å²) in [5.74, 6) is 1.31. The van der Waals surface area contributed by atoms with Crippen molar-refractivity contribution in [2.75, 3.05) is 12.3 Å². The van der Waals surface area contributed by atoms with Crippen molar-refractivity contribution >= 4 is 28.7 Å². The molecule has 4 aromatic rings. The van der Waals surface area contributed by atoms with E-state index in [-0.39, 0.29) is 5.91 Å². The highest BCUT2D eigenvalue weighted by atomic mass is 32.2. The van der Waals surface area contributed by atoms with Gasteiger partial charge in [-0.05, 0) is 49.6 Å². The third-order valence-electron chi connectivity index (χ3n) is 5.13. The number of thioether (sulfide) groups is 1. The van der Waals surface area contributed by atoms with Gasteiger partial charge in [-0.15, -0.1) is 0 Å². The molecule has 2 N–H and O–H groups in total. The molecule has 0 saturated heterocycles. The molecule has 0 aliphatic carbocycles. The molecule has 0 aliphatic heterocycles. The molecule has 4 rings (SSSR count). The van der Waals surface area contributed by atoms with E-state index in [4.69, 9.17) is 0 Å². The zero-order chi connectivity index (χ0) is 20.9. The van der Waals surface area contributed by atoms with Crippen LogP contribution in [0.3, 0.4) is 0 Å². The quantitative estimate of drug-likeness (QED) is 0.331. The molecular weight excluding hydrogens is 394 g/mol. The molecule has 2 aromatic carbocycles. The Balaban J connectivity index is 1.25. The number of imidazole rings is 2. The van der Waals surface area contributed by atoms with Gasteiger partial charge in [-0.25, -0.2) is 9.97 Å². The number of hydrogen-bond acceptors (Lipinski definition) is 4. The normalized spacial score (nSPS) is 11.1. The van der Waals surface area contributed by atoms with Gasteiger partial charge in [0.15, 0.2) is 5.16 Å². The second-order valence-electron chi connectivity index (χ2n) is 7.24. The van der Waals surface area contributed by atoms with Gasteiger partial charge in [0.05, 0.1) is 22.5 Å². The lowest BCUT2D eigenvalue weighted by Gasteiger charge is -2.12. The molecule has 2 heterocycles. The number of benzene rings is 2. The number of aromatic nitrogens is 4. The Bertz CT molecular complexity index is 1130. The van der Waals surface area contributed by atoms with Crippen LogP contribution in [0.15, 0.2) is 60.0 Å². The van der Waals surface area contributed by atoms with Crippen molar-refractivity contribution < 1.29 is 4.79 Å². The summed E-state index contributed by atoms with van der Waals surface area (Å²) in [5, 5.41) is 3.81. The van der Waals surface area contributed by atoms with E-state index in [0.717, 1.165) is 40.5 Å². The molecule has 2 aromatic heterocycles. The predicted molar refractivity (Wildman–Crippen MR) is 121 cm³/mol. The molecule has 1 amide bonds. The fourth-order valence-corrected chi connectivity index (χ4v) is 4.16. The molecular formula is C23H25N5OS. The average Bonchev–Trinajstić information content (AvgIpc) is 3.38. The third-order valence-corrected chi connectivity index (χ3v) is 6.09. The number of aryl methyl sites for hydroxylation is 2. The van der Waals surface area contributed by atoms with Crippen molar-refractivity contribution in [1.29, 1.82) is 0 Å². The lowest BCUT2D eigenvalue weighted by molar-refractivity contribution is -0.118. The summed E-state index contributed by atoms with van der Waals surface area (Å²) in [6.45, 7) is 4.83. The molecule has 0 radical (unpaired) electrons. The van der Waals surface area contributed by atoms with Crippen molar-refractivity contribution in [3.63, 3.8) is 0 Å². The smallest absolute Gasteiger partial charge is 0.230 e. The predicted octanol–water partition coefficient (Wildman–Crippen LogP) is 4.21. The van der Waals surface area contributed by atoms with Gasteiger partial charge in [-0.1, -0.05) is 36.0 Å². The molecule has 0 bridgehead atoms. The van der Waals surface area contributed by atoms with E-state index in [1.165, 1.54) is 22.9 Å². The van der Waals surface area contributed by atoms with Crippen molar-refractivity contribution in [1.82, 2.24) is 24.8 Å². The second kappa shape index (κ2) is 9.17. The SMILES string of the molecule is Cc1cccc(-n2ccnc2SCC(=O)NCCCc2nc3ccccc3[nH]2)c1C. The van der Waals surface area contributed by atoms with E-state index in [1.54, 1.807) is 6.20 Å². The fourth-order valence-electron chi connectivity index (χ4n) is 3.37. The molecule has 0 fully saturated rings. The zero-order valence-corrected chi connectivity index (χ0v) is 18.0. The Hall–Kier alpha value is -3.06. The number of fused-ring (bicyclic) bond motifs is 1. The maximum atomic E-state index is 12.3. The topological polar surface area (TPSA) is 75.6 Å². The molecule has 30 heavy (non-hydrogen) atoms. The number of H-pyrrole nitrogens is 1. The van der Waals surface area contributed by atoms with Crippen LogP contribution in [0.2, 0.25) is 0 Å². The van der Waals surface area contributed by atoms with Gasteiger partial charge in [0.2, 0.25) is 5.91 Å². The number of carbonyl (C=O) groups is 1. The van der Waals surface area contributed by atoms with E-state index >= 15 is 0 Å². The van der Waals surface area contributed by atoms with E-state index in [0.29, 0.717) is 12.3 Å². The summed E-state index contributed by atoms with van der Waals surface area (Å²) in [4.78, 5) is 24.6. The Morgan fingerprint density at radius 2 is 2.03 bits per heavy atom. The number of nitrogens with zero attached hydrogens (tertiary/aromatic N) is 3. The summed E-state index contributed by atoms with van der Waals surface area (Å²) in [5.41, 5.74) is 5.58. The average molecular weight is 420 g/mol. The molecule has 0 saturated carbocycles. The Morgan fingerprint density at radius 1 is 1.17 bits per heavy atom. The van der Waals surface area contributed by atoms with Gasteiger partial charge >= 0.3 is 0 Å². The lowest BCUT2D eigenvalue weighted by atomic mass is 10.1. The lowest BCUT2D eigenvalue weighted by Crippen LogP contribution is -2.26. The monoisotopic (exact) mass is 419 g/mol. The highest BCUT2D eigenvalue weighted by Gasteiger charge is 2.11. The summed E-state index contributed by atoms with van der Waals surface area (Å²) in [6, 6.07) is 14.2. The molecule has 0 unspecified atom stereocenters. The second-order valence-corrected chi connectivity index (χ2v) is 8.18. The Kier molecular flexibility index (Phi) is 6.18. The van der Waals surface area contributed by atoms with Crippen LogP contribution in [0.5, 0.6) is 0 Å². The number of hydrogen-bond donors (Lipinski definition) is 2. The van der Waals surface area contributed by atoms with Crippen molar-refractivity contribution in [3.05, 3.63) is 71.8 Å². The minimum Gasteiger partial charge on any atom is -0.355 e. The number of amides is 1. The minimum atomic E-state index is 0.0140. The van der Waals surface area contributed by atoms with Gasteiger partial charge in [-0.2, -0.15) is 0 Å². The maximum absolute atomic E-state index is 12.3. The van der Waals surface area contributed by atoms with Crippen LogP contribution in [0.4, 0.5) is 0 Å². The Morgan fingerprint density at radius 3 is 2.90 bits per heavy atom. The van der Waals surface area contributed by atoms with Crippen LogP contribution in [-0.2, 0) is 11.2 Å². The van der Waals surface area contributed by atoms with E-state index in [1.807, 2.05) is 41.1 Å². The first-order valence-electron chi connectivity index (χ1n) is 10.0. The zero-order valence-electron chi connectivity index (χ0n) is 17.2. The maximum Gasteiger partial charge on any atom is 0.230 e. The van der Waals surface area contributed by atoms with Crippen LogP contribution in [0, 0.1) is 13.8 Å². The van der Waals surface area contributed by atoms with Crippen molar-refractivity contribution in [3.8, 4) is 5.69 Å². The number of carbonyl (C=O) groups excluding carboxylic acids is 1. The van der Waals surface area contributed by atoms with E-state index in [9.17, 15) is 4.79 Å². The van der Waals surface area contributed by atoms with Crippen molar-refractivity contribution in [2.24, 2.45) is 0 Å². The van der Waals surface area contributed by atoms with Crippen LogP contribution >= 0.6 is 11.8 Å². The van der Waals surface area contributed by atoms with Gasteiger partial charge in [0.1, 0.15) is 5.82 Å². The van der Waals surface area contributed by atoms with Gasteiger partial charge in [0, 0.05) is 25.4 Å². The summed E-state index contributed by atoms with van der Waals surface area (Å²) < 4.78 is 2.04. The third kappa shape index (κ3) is 4.57. The minimum absolute atomic E-state index is 0.0140. The number of para-hydroxylation sites is 2. The van der Waals surface area contributed by atoms with Crippen LogP contribution in [0.25, 0.3) is 16.7 Å².